The smallest absolute Gasteiger partial charge is 0.0934 e. The summed E-state index contributed by atoms with van der Waals surface area (Å²) in [4.78, 5) is 3.08. The van der Waals surface area contributed by atoms with Crippen LogP contribution in [-0.4, -0.2) is 0 Å². The van der Waals surface area contributed by atoms with Gasteiger partial charge in [-0.2, -0.15) is 0 Å². The van der Waals surface area contributed by atoms with Crippen molar-refractivity contribution >= 4 is 34.3 Å². The van der Waals surface area contributed by atoms with Gasteiger partial charge in [0, 0.05) is 21.8 Å². The molecule has 0 saturated heterocycles. The Bertz CT molecular complexity index is 601. The van der Waals surface area contributed by atoms with Crippen molar-refractivity contribution < 1.29 is 0 Å². The van der Waals surface area contributed by atoms with E-state index in [0.29, 0.717) is 12.1 Å². The van der Waals surface area contributed by atoms with Gasteiger partial charge in [-0.05, 0) is 60.7 Å². The second-order valence-electron chi connectivity index (χ2n) is 5.43. The van der Waals surface area contributed by atoms with Gasteiger partial charge >= 0.3 is 0 Å². The van der Waals surface area contributed by atoms with E-state index in [2.05, 4.69) is 22.8 Å². The molecule has 2 aliphatic rings. The largest absolute Gasteiger partial charge is 0.303 e. The van der Waals surface area contributed by atoms with E-state index in [4.69, 9.17) is 11.6 Å². The molecule has 0 fully saturated rings. The van der Waals surface area contributed by atoms with Gasteiger partial charge in [-0.15, -0.1) is 22.7 Å². The first-order chi connectivity index (χ1) is 9.31. The first kappa shape index (κ1) is 12.4. The first-order valence-electron chi connectivity index (χ1n) is 6.91. The summed E-state index contributed by atoms with van der Waals surface area (Å²) < 4.78 is 0.941. The standard InChI is InChI=1S/C15H16ClNS2/c16-15-8-10-12(4-5-14(10)19-15)17-11-2-1-3-13-9(11)6-7-18-13/h6-8,11-12,17H,1-5H2. The minimum absolute atomic E-state index is 0.509. The highest BCUT2D eigenvalue weighted by atomic mass is 35.5. The minimum atomic E-state index is 0.509. The molecule has 1 N–H and O–H groups in total. The highest BCUT2D eigenvalue weighted by Crippen LogP contribution is 2.42. The number of rotatable bonds is 2. The van der Waals surface area contributed by atoms with Crippen LogP contribution < -0.4 is 5.32 Å². The fourth-order valence-corrected chi connectivity index (χ4v) is 5.75. The van der Waals surface area contributed by atoms with Crippen molar-refractivity contribution in [2.45, 2.75) is 44.2 Å². The van der Waals surface area contributed by atoms with E-state index >= 15 is 0 Å². The zero-order valence-electron chi connectivity index (χ0n) is 10.6. The molecule has 2 aromatic heterocycles. The summed E-state index contributed by atoms with van der Waals surface area (Å²) in [5, 5.41) is 6.13. The molecule has 4 heteroatoms. The maximum absolute atomic E-state index is 6.14. The molecular weight excluding hydrogens is 294 g/mol. The second kappa shape index (κ2) is 4.88. The van der Waals surface area contributed by atoms with Gasteiger partial charge in [-0.25, -0.2) is 0 Å². The van der Waals surface area contributed by atoms with E-state index in [0.717, 1.165) is 4.34 Å². The summed E-state index contributed by atoms with van der Waals surface area (Å²) in [6, 6.07) is 5.54. The molecule has 0 aromatic carbocycles. The predicted molar refractivity (Wildman–Crippen MR) is 83.5 cm³/mol. The molecule has 2 heterocycles. The van der Waals surface area contributed by atoms with Gasteiger partial charge in [0.05, 0.1) is 4.34 Å². The van der Waals surface area contributed by atoms with Crippen molar-refractivity contribution in [2.24, 2.45) is 0 Å². The van der Waals surface area contributed by atoms with Crippen LogP contribution in [0.5, 0.6) is 0 Å². The number of thiophene rings is 2. The average molecular weight is 310 g/mol. The lowest BCUT2D eigenvalue weighted by Gasteiger charge is -2.27. The van der Waals surface area contributed by atoms with Gasteiger partial charge in [-0.3, -0.25) is 0 Å². The van der Waals surface area contributed by atoms with Crippen LogP contribution in [0.3, 0.4) is 0 Å². The van der Waals surface area contributed by atoms with Crippen molar-refractivity contribution in [1.82, 2.24) is 5.32 Å². The van der Waals surface area contributed by atoms with E-state index in [1.807, 2.05) is 11.3 Å². The third-order valence-corrected chi connectivity index (χ3v) is 6.64. The topological polar surface area (TPSA) is 12.0 Å². The molecule has 2 aliphatic carbocycles. The van der Waals surface area contributed by atoms with E-state index in [1.165, 1.54) is 42.5 Å². The van der Waals surface area contributed by atoms with E-state index in [9.17, 15) is 0 Å². The Morgan fingerprint density at radius 3 is 2.95 bits per heavy atom. The van der Waals surface area contributed by atoms with Crippen LogP contribution in [0.2, 0.25) is 4.34 Å². The summed E-state index contributed by atoms with van der Waals surface area (Å²) in [7, 11) is 0. The van der Waals surface area contributed by atoms with Crippen LogP contribution in [-0.2, 0) is 12.8 Å². The third-order valence-electron chi connectivity index (χ3n) is 4.30. The monoisotopic (exact) mass is 309 g/mol. The number of nitrogens with one attached hydrogen (secondary N) is 1. The number of fused-ring (bicyclic) bond motifs is 2. The minimum Gasteiger partial charge on any atom is -0.303 e. The maximum atomic E-state index is 6.14. The molecule has 0 amide bonds. The number of aryl methyl sites for hydroxylation is 2. The Hall–Kier alpha value is -0.350. The molecule has 100 valence electrons. The second-order valence-corrected chi connectivity index (χ2v) is 8.20. The highest BCUT2D eigenvalue weighted by Gasteiger charge is 2.29. The maximum Gasteiger partial charge on any atom is 0.0934 e. The zero-order chi connectivity index (χ0) is 12.8. The SMILES string of the molecule is Clc1cc2c(s1)CCC2NC1CCCc2sccc21. The van der Waals surface area contributed by atoms with Crippen molar-refractivity contribution in [3.8, 4) is 0 Å². The normalized spacial score (nSPS) is 25.3. The molecule has 2 atom stereocenters. The number of hydrogen-bond acceptors (Lipinski definition) is 3. The van der Waals surface area contributed by atoms with Gasteiger partial charge in [0.2, 0.25) is 0 Å². The molecule has 2 unspecified atom stereocenters. The zero-order valence-corrected chi connectivity index (χ0v) is 13.0. The third kappa shape index (κ3) is 2.17. The Kier molecular flexibility index (Phi) is 3.19. The van der Waals surface area contributed by atoms with E-state index in [-0.39, 0.29) is 0 Å². The van der Waals surface area contributed by atoms with E-state index in [1.54, 1.807) is 21.8 Å². The molecule has 2 aromatic rings. The number of halogens is 1. The summed E-state index contributed by atoms with van der Waals surface area (Å²) in [6.07, 6.45) is 6.27. The van der Waals surface area contributed by atoms with E-state index < -0.39 is 0 Å². The van der Waals surface area contributed by atoms with Gasteiger partial charge < -0.3 is 5.32 Å². The Morgan fingerprint density at radius 2 is 2.00 bits per heavy atom. The van der Waals surface area contributed by atoms with Crippen molar-refractivity contribution in [3.05, 3.63) is 42.7 Å². The van der Waals surface area contributed by atoms with Gasteiger partial charge in [0.1, 0.15) is 0 Å². The Labute approximate surface area is 126 Å². The number of hydrogen-bond donors (Lipinski definition) is 1. The molecule has 0 aliphatic heterocycles. The quantitative estimate of drug-likeness (QED) is 0.812. The summed E-state index contributed by atoms with van der Waals surface area (Å²) in [6.45, 7) is 0. The van der Waals surface area contributed by atoms with Crippen molar-refractivity contribution in [3.63, 3.8) is 0 Å². The molecule has 0 bridgehead atoms. The summed E-state index contributed by atoms with van der Waals surface area (Å²) in [5.74, 6) is 0. The van der Waals surface area contributed by atoms with Gasteiger partial charge in [0.15, 0.2) is 0 Å². The molecule has 19 heavy (non-hydrogen) atoms. The lowest BCUT2D eigenvalue weighted by molar-refractivity contribution is 0.401. The van der Waals surface area contributed by atoms with Crippen LogP contribution >= 0.6 is 34.3 Å². The summed E-state index contributed by atoms with van der Waals surface area (Å²) in [5.41, 5.74) is 3.00. The Morgan fingerprint density at radius 1 is 1.11 bits per heavy atom. The van der Waals surface area contributed by atoms with Crippen LogP contribution in [0, 0.1) is 0 Å². The average Bonchev–Trinajstić information content (AvgIpc) is 3.06. The first-order valence-corrected chi connectivity index (χ1v) is 8.99. The molecule has 0 radical (unpaired) electrons. The van der Waals surface area contributed by atoms with Crippen LogP contribution in [0.25, 0.3) is 0 Å². The highest BCUT2D eigenvalue weighted by molar-refractivity contribution is 7.16. The van der Waals surface area contributed by atoms with Crippen molar-refractivity contribution in [2.75, 3.05) is 0 Å². The lowest BCUT2D eigenvalue weighted by atomic mass is 9.93. The van der Waals surface area contributed by atoms with Gasteiger partial charge in [0.25, 0.3) is 0 Å². The molecule has 1 nitrogen and oxygen atoms in total. The van der Waals surface area contributed by atoms with Crippen LogP contribution in [0.1, 0.15) is 52.2 Å². The lowest BCUT2D eigenvalue weighted by Crippen LogP contribution is -2.27. The summed E-state index contributed by atoms with van der Waals surface area (Å²) >= 11 is 9.82. The molecule has 4 rings (SSSR count). The van der Waals surface area contributed by atoms with Crippen LogP contribution in [0.15, 0.2) is 17.5 Å². The molecule has 0 saturated carbocycles. The predicted octanol–water partition coefficient (Wildman–Crippen LogP) is 5.12. The molecular formula is C15H16ClNS2. The van der Waals surface area contributed by atoms with Crippen molar-refractivity contribution in [1.29, 1.82) is 0 Å². The fourth-order valence-electron chi connectivity index (χ4n) is 3.41. The molecule has 0 spiro atoms. The Balaban J connectivity index is 1.58. The van der Waals surface area contributed by atoms with Gasteiger partial charge in [-0.1, -0.05) is 11.6 Å². The fraction of sp³-hybridized carbons (Fsp3) is 0.467. The van der Waals surface area contributed by atoms with Crippen LogP contribution in [0.4, 0.5) is 0 Å².